The van der Waals surface area contributed by atoms with Crippen molar-refractivity contribution in [3.63, 3.8) is 0 Å². The van der Waals surface area contributed by atoms with Gasteiger partial charge in [0.15, 0.2) is 11.5 Å². The molecular formula is C24H25Cl3FN7O3. The van der Waals surface area contributed by atoms with Crippen LogP contribution in [0.15, 0.2) is 6.07 Å². The van der Waals surface area contributed by atoms with Crippen LogP contribution in [0, 0.1) is 5.82 Å². The van der Waals surface area contributed by atoms with E-state index in [1.54, 1.807) is 18.8 Å². The van der Waals surface area contributed by atoms with Crippen molar-refractivity contribution in [1.82, 2.24) is 24.6 Å². The van der Waals surface area contributed by atoms with Crippen LogP contribution in [0.4, 0.5) is 15.9 Å². The number of anilines is 2. The minimum absolute atomic E-state index is 0.0477. The lowest BCUT2D eigenvalue weighted by Crippen LogP contribution is -2.28. The predicted octanol–water partition coefficient (Wildman–Crippen LogP) is 4.29. The van der Waals surface area contributed by atoms with E-state index in [1.807, 2.05) is 0 Å². The number of fused-ring (bicyclic) bond motifs is 2. The Morgan fingerprint density at radius 3 is 2.68 bits per heavy atom. The fourth-order valence-corrected chi connectivity index (χ4v) is 5.43. The number of carbonyl (C=O) groups excluding carboxylic acids is 1. The molecule has 0 saturated carbocycles. The zero-order valence-corrected chi connectivity index (χ0v) is 23.2. The summed E-state index contributed by atoms with van der Waals surface area (Å²) in [5.41, 5.74) is 8.58. The Bertz CT molecular complexity index is 1430. The van der Waals surface area contributed by atoms with E-state index in [1.165, 1.54) is 18.1 Å². The first-order valence-electron chi connectivity index (χ1n) is 11.8. The highest BCUT2D eigenvalue weighted by atomic mass is 35.5. The number of aryl methyl sites for hydroxylation is 1. The molecule has 1 atom stereocenters. The second-order valence-electron chi connectivity index (χ2n) is 9.27. The van der Waals surface area contributed by atoms with Gasteiger partial charge in [0.2, 0.25) is 0 Å². The molecule has 1 unspecified atom stereocenters. The monoisotopic (exact) mass is 583 g/mol. The van der Waals surface area contributed by atoms with E-state index < -0.39 is 11.9 Å². The molecule has 14 heteroatoms. The summed E-state index contributed by atoms with van der Waals surface area (Å²) in [7, 11) is 4.81. The van der Waals surface area contributed by atoms with E-state index in [9.17, 15) is 9.18 Å². The van der Waals surface area contributed by atoms with Gasteiger partial charge in [-0.25, -0.2) is 4.39 Å². The van der Waals surface area contributed by atoms with E-state index in [-0.39, 0.29) is 40.0 Å². The van der Waals surface area contributed by atoms with Crippen molar-refractivity contribution in [3.8, 4) is 6.01 Å². The molecule has 1 aromatic carbocycles. The maximum atomic E-state index is 14.1. The molecule has 0 saturated heterocycles. The number of aromatic nitrogens is 4. The summed E-state index contributed by atoms with van der Waals surface area (Å²) in [6, 6.07) is 1.62. The van der Waals surface area contributed by atoms with Gasteiger partial charge in [-0.1, -0.05) is 34.8 Å². The number of nitrogens with zero attached hydrogens (tertiary/aromatic N) is 6. The van der Waals surface area contributed by atoms with Gasteiger partial charge in [0, 0.05) is 44.7 Å². The summed E-state index contributed by atoms with van der Waals surface area (Å²) in [5.74, 6) is -0.389. The van der Waals surface area contributed by atoms with Crippen molar-refractivity contribution in [3.05, 3.63) is 55.2 Å². The molecule has 4 heterocycles. The second kappa shape index (κ2) is 10.4. The molecule has 202 valence electrons. The Hall–Kier alpha value is -2.86. The molecule has 0 fully saturated rings. The Kier molecular flexibility index (Phi) is 7.29. The van der Waals surface area contributed by atoms with Crippen molar-refractivity contribution in [2.45, 2.75) is 38.6 Å². The molecule has 2 aliphatic rings. The predicted molar refractivity (Wildman–Crippen MR) is 142 cm³/mol. The number of hydrogen-bond donors (Lipinski definition) is 1. The van der Waals surface area contributed by atoms with Crippen LogP contribution >= 0.6 is 34.8 Å². The van der Waals surface area contributed by atoms with E-state index in [0.717, 1.165) is 17.7 Å². The highest BCUT2D eigenvalue weighted by Crippen LogP contribution is 2.42. The lowest BCUT2D eigenvalue weighted by Gasteiger charge is -2.31. The molecule has 0 aliphatic carbocycles. The van der Waals surface area contributed by atoms with Crippen LogP contribution < -0.4 is 15.4 Å². The number of methoxy groups -OCH3 is 1. The quantitative estimate of drug-likeness (QED) is 0.357. The molecule has 2 aliphatic heterocycles. The number of hydrogen-bond acceptors (Lipinski definition) is 8. The standard InChI is InChI=1S/C24H25Cl3FN7O3/c1-33(2)23(36)21-18(26)15-9-34(5-4-6-35(15)32-21)22-12-10-38-16(8-14(12)30-24(31-22)37-3)11-7-13(29)20(28)19(27)17(11)25/h7,16H,4-6,8-10,29H2,1-3H3. The van der Waals surface area contributed by atoms with Crippen LogP contribution in [0.1, 0.15) is 45.5 Å². The lowest BCUT2D eigenvalue weighted by atomic mass is 9.98. The summed E-state index contributed by atoms with van der Waals surface area (Å²) in [6.07, 6.45) is 0.507. The molecular weight excluding hydrogens is 560 g/mol. The van der Waals surface area contributed by atoms with Gasteiger partial charge in [0.25, 0.3) is 5.91 Å². The highest BCUT2D eigenvalue weighted by molar-refractivity contribution is 6.42. The smallest absolute Gasteiger partial charge is 0.318 e. The van der Waals surface area contributed by atoms with Gasteiger partial charge in [-0.3, -0.25) is 9.48 Å². The van der Waals surface area contributed by atoms with Crippen LogP contribution in [0.25, 0.3) is 0 Å². The summed E-state index contributed by atoms with van der Waals surface area (Å²) < 4.78 is 27.5. The maximum Gasteiger partial charge on any atom is 0.318 e. The van der Waals surface area contributed by atoms with Gasteiger partial charge in [-0.15, -0.1) is 0 Å². The topological polar surface area (TPSA) is 112 Å². The maximum absolute atomic E-state index is 14.1. The summed E-state index contributed by atoms with van der Waals surface area (Å²) in [5, 5.41) is 4.60. The van der Waals surface area contributed by atoms with Crippen molar-refractivity contribution < 1.29 is 18.7 Å². The first-order chi connectivity index (χ1) is 18.1. The van der Waals surface area contributed by atoms with Crippen LogP contribution in [-0.2, 0) is 30.9 Å². The molecule has 0 spiro atoms. The Morgan fingerprint density at radius 2 is 1.97 bits per heavy atom. The number of benzene rings is 1. The number of amides is 1. The fourth-order valence-electron chi connectivity index (χ4n) is 4.67. The number of carbonyl (C=O) groups is 1. The zero-order chi connectivity index (χ0) is 27.3. The zero-order valence-electron chi connectivity index (χ0n) is 20.9. The molecule has 1 amide bonds. The van der Waals surface area contributed by atoms with Crippen molar-refractivity contribution in [1.29, 1.82) is 0 Å². The fraction of sp³-hybridized carbons (Fsp3) is 0.417. The average Bonchev–Trinajstić information content (AvgIpc) is 3.07. The highest BCUT2D eigenvalue weighted by Gasteiger charge is 2.32. The van der Waals surface area contributed by atoms with Crippen molar-refractivity contribution in [2.24, 2.45) is 0 Å². The van der Waals surface area contributed by atoms with Gasteiger partial charge in [-0.05, 0) is 12.5 Å². The molecule has 2 N–H and O–H groups in total. The lowest BCUT2D eigenvalue weighted by molar-refractivity contribution is 0.0258. The largest absolute Gasteiger partial charge is 0.467 e. The van der Waals surface area contributed by atoms with Crippen LogP contribution in [0.2, 0.25) is 15.1 Å². The summed E-state index contributed by atoms with van der Waals surface area (Å²) in [6.45, 7) is 1.79. The summed E-state index contributed by atoms with van der Waals surface area (Å²) in [4.78, 5) is 25.3. The third-order valence-electron chi connectivity index (χ3n) is 6.63. The van der Waals surface area contributed by atoms with Gasteiger partial charge in [-0.2, -0.15) is 15.1 Å². The molecule has 5 rings (SSSR count). The van der Waals surface area contributed by atoms with E-state index in [0.29, 0.717) is 48.2 Å². The third-order valence-corrected chi connectivity index (χ3v) is 7.89. The molecule has 0 bridgehead atoms. The van der Waals surface area contributed by atoms with E-state index in [4.69, 9.17) is 50.0 Å². The van der Waals surface area contributed by atoms with Gasteiger partial charge in [0.1, 0.15) is 5.82 Å². The molecule has 3 aromatic rings. The number of halogens is 4. The minimum Gasteiger partial charge on any atom is -0.467 e. The Morgan fingerprint density at radius 1 is 1.21 bits per heavy atom. The van der Waals surface area contributed by atoms with Crippen molar-refractivity contribution in [2.75, 3.05) is 38.4 Å². The minimum atomic E-state index is -0.766. The normalized spacial score (nSPS) is 17.0. The number of nitrogens with two attached hydrogens (primary N) is 1. The van der Waals surface area contributed by atoms with Gasteiger partial charge < -0.3 is 25.0 Å². The van der Waals surface area contributed by atoms with Crippen LogP contribution in [0.3, 0.4) is 0 Å². The first kappa shape index (κ1) is 26.7. The first-order valence-corrected chi connectivity index (χ1v) is 12.9. The second-order valence-corrected chi connectivity index (χ2v) is 10.4. The Labute approximate surface area is 233 Å². The number of rotatable bonds is 4. The van der Waals surface area contributed by atoms with E-state index >= 15 is 0 Å². The molecule has 2 aromatic heterocycles. The summed E-state index contributed by atoms with van der Waals surface area (Å²) >= 11 is 19.0. The van der Waals surface area contributed by atoms with Gasteiger partial charge >= 0.3 is 6.01 Å². The number of ether oxygens (including phenoxy) is 2. The van der Waals surface area contributed by atoms with Crippen LogP contribution in [-0.4, -0.2) is 58.3 Å². The van der Waals surface area contributed by atoms with E-state index in [2.05, 4.69) is 20.0 Å². The van der Waals surface area contributed by atoms with Crippen LogP contribution in [0.5, 0.6) is 6.01 Å². The molecule has 38 heavy (non-hydrogen) atoms. The van der Waals surface area contributed by atoms with Crippen molar-refractivity contribution >= 4 is 52.2 Å². The molecule has 10 nitrogen and oxygen atoms in total. The number of nitrogen functional groups attached to an aromatic ring is 1. The Balaban J connectivity index is 1.51. The molecule has 0 radical (unpaired) electrons. The SMILES string of the molecule is COc1nc2c(c(N3CCCn4nc(C(=O)N(C)C)c(Cl)c4C3)n1)COC(c1cc(N)c(F)c(Cl)c1Cl)C2. The average molecular weight is 585 g/mol. The van der Waals surface area contributed by atoms with Gasteiger partial charge in [0.05, 0.1) is 58.5 Å². The third kappa shape index (κ3) is 4.61.